The van der Waals surface area contributed by atoms with Crippen LogP contribution in [-0.2, 0) is 11.2 Å². The first-order valence-corrected chi connectivity index (χ1v) is 12.8. The third kappa shape index (κ3) is 4.52. The number of benzene rings is 2. The summed E-state index contributed by atoms with van der Waals surface area (Å²) in [5, 5.41) is 7.01. The van der Waals surface area contributed by atoms with Gasteiger partial charge in [-0.15, -0.1) is 0 Å². The molecule has 6 heteroatoms. The van der Waals surface area contributed by atoms with Crippen LogP contribution in [0, 0.1) is 0 Å². The molecule has 3 heterocycles. The summed E-state index contributed by atoms with van der Waals surface area (Å²) in [6.45, 7) is 3.94. The monoisotopic (exact) mass is 474 g/mol. The van der Waals surface area contributed by atoms with Crippen LogP contribution in [0.4, 0.5) is 0 Å². The first kappa shape index (κ1) is 21.9. The van der Waals surface area contributed by atoms with Gasteiger partial charge in [-0.05, 0) is 60.9 Å². The Labute approximate surface area is 205 Å². The van der Waals surface area contributed by atoms with Crippen LogP contribution in [0.5, 0.6) is 0 Å². The average molecular weight is 475 g/mol. The van der Waals surface area contributed by atoms with Crippen molar-refractivity contribution in [1.82, 2.24) is 19.7 Å². The maximum atomic E-state index is 6.36. The Morgan fingerprint density at radius 1 is 0.941 bits per heavy atom. The van der Waals surface area contributed by atoms with Crippen molar-refractivity contribution < 1.29 is 4.74 Å². The van der Waals surface area contributed by atoms with Gasteiger partial charge in [0, 0.05) is 53.5 Å². The van der Waals surface area contributed by atoms with Crippen LogP contribution in [0.1, 0.15) is 43.0 Å². The smallest absolute Gasteiger partial charge is 0.0924 e. The molecule has 0 radical (unpaired) electrons. The molecule has 2 aliphatic rings. The molecule has 1 N–H and O–H groups in total. The van der Waals surface area contributed by atoms with Crippen molar-refractivity contribution in [3.05, 3.63) is 77.1 Å². The fourth-order valence-corrected chi connectivity index (χ4v) is 5.82. The molecule has 0 unspecified atom stereocenters. The lowest BCUT2D eigenvalue weighted by Gasteiger charge is -2.38. The second kappa shape index (κ2) is 9.57. The molecule has 2 aromatic carbocycles. The van der Waals surface area contributed by atoms with Gasteiger partial charge >= 0.3 is 0 Å². The molecule has 0 bridgehead atoms. The van der Waals surface area contributed by atoms with Gasteiger partial charge in [0.2, 0.25) is 0 Å². The zero-order chi connectivity index (χ0) is 22.9. The van der Waals surface area contributed by atoms with Gasteiger partial charge in [0.15, 0.2) is 0 Å². The van der Waals surface area contributed by atoms with Crippen molar-refractivity contribution in [2.24, 2.45) is 0 Å². The Morgan fingerprint density at radius 2 is 1.74 bits per heavy atom. The second-order valence-corrected chi connectivity index (χ2v) is 10.1. The van der Waals surface area contributed by atoms with Crippen molar-refractivity contribution in [3.63, 3.8) is 0 Å². The topological polar surface area (TPSA) is 46.1 Å². The van der Waals surface area contributed by atoms with Crippen molar-refractivity contribution in [3.8, 4) is 11.3 Å². The molecule has 2 fully saturated rings. The summed E-state index contributed by atoms with van der Waals surface area (Å²) in [6, 6.07) is 20.2. The lowest BCUT2D eigenvalue weighted by Crippen LogP contribution is -2.45. The molecule has 1 aliphatic carbocycles. The molecule has 0 atom stereocenters. The minimum atomic E-state index is 0.502. The van der Waals surface area contributed by atoms with Crippen LogP contribution in [0.2, 0.25) is 5.02 Å². The molecule has 0 amide bonds. The van der Waals surface area contributed by atoms with Gasteiger partial charge in [0.1, 0.15) is 0 Å². The standard InChI is InChI=1S/C28H31ClN4O/c29-26-4-2-1-3-20(26)17-23-18-21-5-6-22(19-28(21)30-23)27-11-12-33(31-27)25-9-7-24(8-10-25)32-13-15-34-16-14-32/h1-6,11-12,18-19,24-25,30H,7-10,13-17H2/t24-,25-. The molecule has 176 valence electrons. The molecule has 1 saturated heterocycles. The van der Waals surface area contributed by atoms with E-state index in [1.807, 2.05) is 18.2 Å². The van der Waals surface area contributed by atoms with Crippen LogP contribution in [0.3, 0.4) is 0 Å². The normalized spacial score (nSPS) is 21.8. The molecular weight excluding hydrogens is 444 g/mol. The lowest BCUT2D eigenvalue weighted by atomic mass is 9.90. The molecule has 4 aromatic rings. The number of aromatic amines is 1. The molecule has 6 rings (SSSR count). The van der Waals surface area contributed by atoms with Crippen molar-refractivity contribution in [2.75, 3.05) is 26.3 Å². The van der Waals surface area contributed by atoms with Crippen LogP contribution < -0.4 is 0 Å². The molecule has 2 aromatic heterocycles. The summed E-state index contributed by atoms with van der Waals surface area (Å²) in [4.78, 5) is 6.21. The largest absolute Gasteiger partial charge is 0.379 e. The summed E-state index contributed by atoms with van der Waals surface area (Å²) in [7, 11) is 0. The Kier molecular flexibility index (Phi) is 6.16. The Hall–Kier alpha value is -2.60. The minimum Gasteiger partial charge on any atom is -0.379 e. The van der Waals surface area contributed by atoms with Gasteiger partial charge in [-0.1, -0.05) is 41.9 Å². The van der Waals surface area contributed by atoms with E-state index < -0.39 is 0 Å². The van der Waals surface area contributed by atoms with E-state index in [1.165, 1.54) is 36.8 Å². The number of ether oxygens (including phenoxy) is 1. The Morgan fingerprint density at radius 3 is 2.56 bits per heavy atom. The highest BCUT2D eigenvalue weighted by Crippen LogP contribution is 2.32. The van der Waals surface area contributed by atoms with Crippen LogP contribution in [-0.4, -0.2) is 52.0 Å². The van der Waals surface area contributed by atoms with E-state index in [2.05, 4.69) is 57.2 Å². The molecule has 5 nitrogen and oxygen atoms in total. The fraction of sp³-hybridized carbons (Fsp3) is 0.393. The van der Waals surface area contributed by atoms with Crippen molar-refractivity contribution in [1.29, 1.82) is 0 Å². The molecular formula is C28H31ClN4O. The van der Waals surface area contributed by atoms with Gasteiger partial charge in [0.25, 0.3) is 0 Å². The number of morpholine rings is 1. The van der Waals surface area contributed by atoms with Crippen molar-refractivity contribution in [2.45, 2.75) is 44.2 Å². The van der Waals surface area contributed by atoms with Gasteiger partial charge < -0.3 is 9.72 Å². The SMILES string of the molecule is Clc1ccccc1Cc1cc2ccc(-c3ccn([C@H]4CC[C@H](N5CCOCC5)CC4)n3)cc2[nH]1. The van der Waals surface area contributed by atoms with E-state index in [0.717, 1.165) is 60.1 Å². The summed E-state index contributed by atoms with van der Waals surface area (Å²) in [6.07, 6.45) is 7.86. The minimum absolute atomic E-state index is 0.502. The predicted molar refractivity (Wildman–Crippen MR) is 137 cm³/mol. The number of rotatable bonds is 5. The molecule has 34 heavy (non-hydrogen) atoms. The summed E-state index contributed by atoms with van der Waals surface area (Å²) < 4.78 is 7.72. The van der Waals surface area contributed by atoms with E-state index >= 15 is 0 Å². The lowest BCUT2D eigenvalue weighted by molar-refractivity contribution is 0.00507. The van der Waals surface area contributed by atoms with E-state index in [1.54, 1.807) is 0 Å². The van der Waals surface area contributed by atoms with E-state index in [-0.39, 0.29) is 0 Å². The van der Waals surface area contributed by atoms with E-state index in [4.69, 9.17) is 21.4 Å². The predicted octanol–water partition coefficient (Wildman–Crippen LogP) is 6.09. The Balaban J connectivity index is 1.14. The molecule has 1 aliphatic heterocycles. The number of nitrogens with one attached hydrogen (secondary N) is 1. The quantitative estimate of drug-likeness (QED) is 0.380. The van der Waals surface area contributed by atoms with Crippen LogP contribution >= 0.6 is 11.6 Å². The summed E-state index contributed by atoms with van der Waals surface area (Å²) in [5.41, 5.74) is 5.64. The third-order valence-electron chi connectivity index (χ3n) is 7.52. The zero-order valence-corrected chi connectivity index (χ0v) is 20.2. The van der Waals surface area contributed by atoms with E-state index in [0.29, 0.717) is 12.1 Å². The molecule has 1 saturated carbocycles. The van der Waals surface area contributed by atoms with Gasteiger partial charge in [-0.2, -0.15) is 5.10 Å². The first-order valence-electron chi connectivity index (χ1n) is 12.5. The highest BCUT2D eigenvalue weighted by atomic mass is 35.5. The Bertz CT molecular complexity index is 1260. The number of hydrogen-bond donors (Lipinski definition) is 1. The van der Waals surface area contributed by atoms with Crippen molar-refractivity contribution >= 4 is 22.5 Å². The number of nitrogens with zero attached hydrogens (tertiary/aromatic N) is 3. The first-order chi connectivity index (χ1) is 16.7. The third-order valence-corrected chi connectivity index (χ3v) is 7.89. The zero-order valence-electron chi connectivity index (χ0n) is 19.4. The maximum absolute atomic E-state index is 6.36. The van der Waals surface area contributed by atoms with Crippen LogP contribution in [0.25, 0.3) is 22.2 Å². The number of hydrogen-bond acceptors (Lipinski definition) is 3. The van der Waals surface area contributed by atoms with Gasteiger partial charge in [-0.3, -0.25) is 9.58 Å². The van der Waals surface area contributed by atoms with Gasteiger partial charge in [-0.25, -0.2) is 0 Å². The number of fused-ring (bicyclic) bond motifs is 1. The number of H-pyrrole nitrogens is 1. The number of aromatic nitrogens is 3. The fourth-order valence-electron chi connectivity index (χ4n) is 5.61. The van der Waals surface area contributed by atoms with Crippen LogP contribution in [0.15, 0.2) is 60.8 Å². The number of halogens is 1. The highest BCUT2D eigenvalue weighted by molar-refractivity contribution is 6.31. The average Bonchev–Trinajstić information content (AvgIpc) is 3.53. The summed E-state index contributed by atoms with van der Waals surface area (Å²) >= 11 is 6.36. The second-order valence-electron chi connectivity index (χ2n) is 9.66. The summed E-state index contributed by atoms with van der Waals surface area (Å²) in [5.74, 6) is 0. The maximum Gasteiger partial charge on any atom is 0.0924 e. The highest BCUT2D eigenvalue weighted by Gasteiger charge is 2.28. The molecule has 0 spiro atoms. The van der Waals surface area contributed by atoms with Gasteiger partial charge in [0.05, 0.1) is 24.9 Å². The van der Waals surface area contributed by atoms with E-state index in [9.17, 15) is 0 Å².